The summed E-state index contributed by atoms with van der Waals surface area (Å²) in [6.07, 6.45) is 0.488. The van der Waals surface area contributed by atoms with Crippen LogP contribution >= 0.6 is 22.6 Å². The number of aryl methyl sites for hydroxylation is 1. The summed E-state index contributed by atoms with van der Waals surface area (Å²) < 4.78 is 23.7. The minimum atomic E-state index is -2.97. The molecule has 0 aliphatic carbocycles. The van der Waals surface area contributed by atoms with Crippen molar-refractivity contribution >= 4 is 44.1 Å². The summed E-state index contributed by atoms with van der Waals surface area (Å²) in [4.78, 5) is 11.8. The van der Waals surface area contributed by atoms with Gasteiger partial charge in [-0.2, -0.15) is 0 Å². The molecule has 1 aliphatic heterocycles. The van der Waals surface area contributed by atoms with E-state index in [0.717, 1.165) is 14.8 Å². The van der Waals surface area contributed by atoms with E-state index in [4.69, 9.17) is 0 Å². The lowest BCUT2D eigenvalue weighted by atomic mass is 10.2. The average Bonchev–Trinajstić information content (AvgIpc) is 2.62. The van der Waals surface area contributed by atoms with E-state index in [2.05, 4.69) is 33.2 Å². The van der Waals surface area contributed by atoms with Crippen LogP contribution in [0.2, 0.25) is 0 Å². The first-order valence-electron chi connectivity index (χ1n) is 5.90. The predicted octanol–water partition coefficient (Wildman–Crippen LogP) is 1.91. The van der Waals surface area contributed by atoms with Gasteiger partial charge < -0.3 is 10.6 Å². The molecule has 104 valence electrons. The monoisotopic (exact) mass is 394 g/mol. The molecule has 1 fully saturated rings. The lowest BCUT2D eigenvalue weighted by Gasteiger charge is -2.13. The molecule has 1 atom stereocenters. The van der Waals surface area contributed by atoms with Crippen LogP contribution in [0.15, 0.2) is 18.2 Å². The number of hydrogen-bond acceptors (Lipinski definition) is 3. The number of amides is 2. The van der Waals surface area contributed by atoms with E-state index in [0.29, 0.717) is 6.42 Å². The summed E-state index contributed by atoms with van der Waals surface area (Å²) in [5.74, 6) is 0.187. The van der Waals surface area contributed by atoms with Crippen molar-refractivity contribution in [3.05, 3.63) is 27.3 Å². The lowest BCUT2D eigenvalue weighted by Crippen LogP contribution is -2.38. The molecule has 7 heteroatoms. The molecule has 0 radical (unpaired) electrons. The molecule has 0 spiro atoms. The Kier molecular flexibility index (Phi) is 4.34. The van der Waals surface area contributed by atoms with Gasteiger partial charge in [-0.15, -0.1) is 0 Å². The van der Waals surface area contributed by atoms with Crippen molar-refractivity contribution in [1.82, 2.24) is 5.32 Å². The average molecular weight is 394 g/mol. The van der Waals surface area contributed by atoms with Crippen LogP contribution in [0.1, 0.15) is 12.0 Å². The highest BCUT2D eigenvalue weighted by Gasteiger charge is 2.28. The molecule has 0 bridgehead atoms. The van der Waals surface area contributed by atoms with Crippen LogP contribution < -0.4 is 10.6 Å². The SMILES string of the molecule is Cc1cc(I)ccc1NC(=O)NC1CCS(=O)(=O)C1. The molecular weight excluding hydrogens is 379 g/mol. The number of anilines is 1. The van der Waals surface area contributed by atoms with E-state index < -0.39 is 9.84 Å². The third kappa shape index (κ3) is 4.07. The normalized spacial score (nSPS) is 21.1. The summed E-state index contributed by atoms with van der Waals surface area (Å²) in [5.41, 5.74) is 1.71. The topological polar surface area (TPSA) is 75.3 Å². The van der Waals surface area contributed by atoms with Crippen molar-refractivity contribution in [3.8, 4) is 0 Å². The van der Waals surface area contributed by atoms with Crippen molar-refractivity contribution in [1.29, 1.82) is 0 Å². The summed E-state index contributed by atoms with van der Waals surface area (Å²) in [6, 6.07) is 5.07. The summed E-state index contributed by atoms with van der Waals surface area (Å²) in [5, 5.41) is 5.44. The first-order valence-corrected chi connectivity index (χ1v) is 8.80. The van der Waals surface area contributed by atoms with Crippen LogP contribution in [0.3, 0.4) is 0 Å². The zero-order chi connectivity index (χ0) is 14.0. The van der Waals surface area contributed by atoms with E-state index in [1.54, 1.807) is 0 Å². The molecule has 19 heavy (non-hydrogen) atoms. The number of rotatable bonds is 2. The van der Waals surface area contributed by atoms with E-state index >= 15 is 0 Å². The molecule has 1 unspecified atom stereocenters. The number of carbonyl (C=O) groups is 1. The predicted molar refractivity (Wildman–Crippen MR) is 83.1 cm³/mol. The van der Waals surface area contributed by atoms with Crippen molar-refractivity contribution < 1.29 is 13.2 Å². The molecule has 1 heterocycles. The Morgan fingerprint density at radius 2 is 2.16 bits per heavy atom. The van der Waals surface area contributed by atoms with Gasteiger partial charge in [0, 0.05) is 15.3 Å². The Bertz CT molecular complexity index is 601. The highest BCUT2D eigenvalue weighted by Crippen LogP contribution is 2.18. The number of nitrogens with one attached hydrogen (secondary N) is 2. The van der Waals surface area contributed by atoms with Gasteiger partial charge in [0.1, 0.15) is 0 Å². The van der Waals surface area contributed by atoms with Gasteiger partial charge in [0.2, 0.25) is 0 Å². The Morgan fingerprint density at radius 3 is 2.74 bits per heavy atom. The maximum atomic E-state index is 11.8. The van der Waals surface area contributed by atoms with E-state index in [1.165, 1.54) is 0 Å². The second-order valence-corrected chi connectivity index (χ2v) is 8.13. The van der Waals surface area contributed by atoms with Crippen LogP contribution in [0.5, 0.6) is 0 Å². The number of halogens is 1. The fraction of sp³-hybridized carbons (Fsp3) is 0.417. The standard InChI is InChI=1S/C12H15IN2O3S/c1-8-6-9(13)2-3-11(8)15-12(16)14-10-4-5-19(17,18)7-10/h2-3,6,10H,4-5,7H2,1H3,(H2,14,15,16). The molecule has 5 nitrogen and oxygen atoms in total. The molecule has 1 aromatic carbocycles. The molecule has 1 aliphatic rings. The number of carbonyl (C=O) groups excluding carboxylic acids is 1. The van der Waals surface area contributed by atoms with Gasteiger partial charge in [-0.3, -0.25) is 0 Å². The Balaban J connectivity index is 1.95. The fourth-order valence-electron chi connectivity index (χ4n) is 2.02. The third-order valence-electron chi connectivity index (χ3n) is 3.00. The van der Waals surface area contributed by atoms with Gasteiger partial charge in [-0.25, -0.2) is 13.2 Å². The van der Waals surface area contributed by atoms with Crippen LogP contribution in [-0.4, -0.2) is 32.0 Å². The van der Waals surface area contributed by atoms with Gasteiger partial charge in [0.25, 0.3) is 0 Å². The van der Waals surface area contributed by atoms with E-state index in [-0.39, 0.29) is 23.6 Å². The minimum Gasteiger partial charge on any atom is -0.334 e. The molecule has 1 aromatic rings. The van der Waals surface area contributed by atoms with Crippen LogP contribution in [-0.2, 0) is 9.84 Å². The van der Waals surface area contributed by atoms with Gasteiger partial charge >= 0.3 is 6.03 Å². The smallest absolute Gasteiger partial charge is 0.319 e. The Labute approximate surface area is 126 Å². The minimum absolute atomic E-state index is 0.0338. The van der Waals surface area contributed by atoms with Crippen molar-refractivity contribution in [2.24, 2.45) is 0 Å². The highest BCUT2D eigenvalue weighted by atomic mass is 127. The van der Waals surface area contributed by atoms with Crippen LogP contribution in [0.4, 0.5) is 10.5 Å². The maximum Gasteiger partial charge on any atom is 0.319 e. The van der Waals surface area contributed by atoms with Gasteiger partial charge in [0.05, 0.1) is 11.5 Å². The quantitative estimate of drug-likeness (QED) is 0.753. The number of sulfone groups is 1. The first kappa shape index (κ1) is 14.6. The maximum absolute atomic E-state index is 11.8. The Hall–Kier alpha value is -0.830. The summed E-state index contributed by atoms with van der Waals surface area (Å²) >= 11 is 2.20. The zero-order valence-corrected chi connectivity index (χ0v) is 13.4. The zero-order valence-electron chi connectivity index (χ0n) is 10.4. The molecule has 1 saturated heterocycles. The number of benzene rings is 1. The summed E-state index contributed by atoms with van der Waals surface area (Å²) in [6.45, 7) is 1.91. The first-order chi connectivity index (χ1) is 8.85. The van der Waals surface area contributed by atoms with Crippen LogP contribution in [0.25, 0.3) is 0 Å². The summed E-state index contributed by atoms with van der Waals surface area (Å²) in [7, 11) is -2.97. The van der Waals surface area contributed by atoms with E-state index in [1.807, 2.05) is 25.1 Å². The second-order valence-electron chi connectivity index (χ2n) is 4.66. The highest BCUT2D eigenvalue weighted by molar-refractivity contribution is 14.1. The Morgan fingerprint density at radius 1 is 1.42 bits per heavy atom. The molecule has 0 aromatic heterocycles. The lowest BCUT2D eigenvalue weighted by molar-refractivity contribution is 0.249. The van der Waals surface area contributed by atoms with Gasteiger partial charge in [0.15, 0.2) is 9.84 Å². The molecule has 2 amide bonds. The van der Waals surface area contributed by atoms with Gasteiger partial charge in [-0.05, 0) is 59.7 Å². The van der Waals surface area contributed by atoms with Crippen molar-refractivity contribution in [2.45, 2.75) is 19.4 Å². The molecular formula is C12H15IN2O3S. The number of hydrogen-bond donors (Lipinski definition) is 2. The van der Waals surface area contributed by atoms with Crippen molar-refractivity contribution in [2.75, 3.05) is 16.8 Å². The van der Waals surface area contributed by atoms with E-state index in [9.17, 15) is 13.2 Å². The second kappa shape index (κ2) is 5.66. The molecule has 2 rings (SSSR count). The third-order valence-corrected chi connectivity index (χ3v) is 5.44. The number of urea groups is 1. The largest absolute Gasteiger partial charge is 0.334 e. The molecule has 2 N–H and O–H groups in total. The fourth-order valence-corrected chi connectivity index (χ4v) is 4.34. The van der Waals surface area contributed by atoms with Crippen molar-refractivity contribution in [3.63, 3.8) is 0 Å². The molecule has 0 saturated carbocycles. The van der Waals surface area contributed by atoms with Crippen LogP contribution in [0, 0.1) is 10.5 Å². The van der Waals surface area contributed by atoms with Gasteiger partial charge in [-0.1, -0.05) is 0 Å².